The molecule has 2 rings (SSSR count). The molecule has 0 aromatic carbocycles. The van der Waals surface area contributed by atoms with E-state index in [-0.39, 0.29) is 11.4 Å². The number of aliphatic hydroxyl groups excluding tert-OH is 1. The fourth-order valence-corrected chi connectivity index (χ4v) is 1.59. The van der Waals surface area contributed by atoms with Gasteiger partial charge in [-0.1, -0.05) is 0 Å². The van der Waals surface area contributed by atoms with E-state index < -0.39 is 25.0 Å². The first kappa shape index (κ1) is 12.7. The van der Waals surface area contributed by atoms with Gasteiger partial charge in [0, 0.05) is 12.5 Å². The average Bonchev–Trinajstić information content (AvgIpc) is 3.09. The van der Waals surface area contributed by atoms with E-state index in [2.05, 4.69) is 15.5 Å². The number of nitrogens with zero attached hydrogens (tertiary/aromatic N) is 1. The number of H-pyrrole nitrogens is 1. The van der Waals surface area contributed by atoms with Crippen molar-refractivity contribution in [2.24, 2.45) is 0 Å². The number of amides is 1. The number of rotatable bonds is 5. The van der Waals surface area contributed by atoms with Crippen LogP contribution in [-0.4, -0.2) is 40.3 Å². The molecule has 1 saturated carbocycles. The molecule has 0 spiro atoms. The molecule has 18 heavy (non-hydrogen) atoms. The summed E-state index contributed by atoms with van der Waals surface area (Å²) in [5.74, 6) is -0.360. The van der Waals surface area contributed by atoms with Gasteiger partial charge < -0.3 is 16.2 Å². The fraction of sp³-hybridized carbons (Fsp3) is 0.600. The highest BCUT2D eigenvalue weighted by atomic mass is 19.3. The maximum absolute atomic E-state index is 12.0. The summed E-state index contributed by atoms with van der Waals surface area (Å²) in [4.78, 5) is 11.6. The molecule has 6 nitrogen and oxygen atoms in total. The number of halogens is 2. The summed E-state index contributed by atoms with van der Waals surface area (Å²) in [7, 11) is 0. The molecule has 1 amide bonds. The second-order valence-electron chi connectivity index (χ2n) is 4.29. The molecule has 0 radical (unpaired) electrons. The van der Waals surface area contributed by atoms with Crippen molar-refractivity contribution in [3.05, 3.63) is 11.4 Å². The SMILES string of the molecule is Nc1c(C(=O)NCC(O)C(F)F)n[nH]c1C1CC1. The summed E-state index contributed by atoms with van der Waals surface area (Å²) < 4.78 is 24.1. The Hall–Kier alpha value is -1.70. The third kappa shape index (κ3) is 2.58. The quantitative estimate of drug-likeness (QED) is 0.608. The Balaban J connectivity index is 1.96. The molecule has 1 unspecified atom stereocenters. The van der Waals surface area contributed by atoms with Crippen LogP contribution < -0.4 is 11.1 Å². The van der Waals surface area contributed by atoms with Gasteiger partial charge in [0.25, 0.3) is 12.3 Å². The average molecular weight is 260 g/mol. The number of aromatic nitrogens is 2. The molecule has 5 N–H and O–H groups in total. The van der Waals surface area contributed by atoms with Crippen molar-refractivity contribution >= 4 is 11.6 Å². The van der Waals surface area contributed by atoms with E-state index in [1.807, 2.05) is 0 Å². The van der Waals surface area contributed by atoms with Gasteiger partial charge in [-0.25, -0.2) is 8.78 Å². The van der Waals surface area contributed by atoms with Crippen LogP contribution in [0.5, 0.6) is 0 Å². The Morgan fingerprint density at radius 3 is 2.83 bits per heavy atom. The Kier molecular flexibility index (Phi) is 3.46. The van der Waals surface area contributed by atoms with Crippen LogP contribution in [0.4, 0.5) is 14.5 Å². The number of aliphatic hydroxyl groups is 1. The lowest BCUT2D eigenvalue weighted by atomic mass is 10.2. The minimum Gasteiger partial charge on any atom is -0.395 e. The lowest BCUT2D eigenvalue weighted by Gasteiger charge is -2.09. The van der Waals surface area contributed by atoms with Gasteiger partial charge in [0.1, 0.15) is 6.10 Å². The van der Waals surface area contributed by atoms with Crippen LogP contribution in [0.25, 0.3) is 0 Å². The lowest BCUT2D eigenvalue weighted by Crippen LogP contribution is -2.36. The molecule has 1 atom stereocenters. The van der Waals surface area contributed by atoms with E-state index in [4.69, 9.17) is 10.8 Å². The largest absolute Gasteiger partial charge is 0.395 e. The van der Waals surface area contributed by atoms with Crippen molar-refractivity contribution < 1.29 is 18.7 Å². The number of carbonyl (C=O) groups excluding carboxylic acids is 1. The summed E-state index contributed by atoms with van der Waals surface area (Å²) in [6.07, 6.45) is -2.80. The number of anilines is 1. The molecule has 1 aromatic heterocycles. The van der Waals surface area contributed by atoms with Crippen LogP contribution in [-0.2, 0) is 0 Å². The molecule has 0 aliphatic heterocycles. The minimum absolute atomic E-state index is 0.0154. The normalized spacial score (nSPS) is 16.9. The highest BCUT2D eigenvalue weighted by molar-refractivity contribution is 5.97. The molecule has 0 saturated heterocycles. The zero-order valence-corrected chi connectivity index (χ0v) is 9.49. The zero-order valence-electron chi connectivity index (χ0n) is 9.49. The number of hydrogen-bond donors (Lipinski definition) is 4. The number of aromatic amines is 1. The first-order valence-electron chi connectivity index (χ1n) is 5.58. The number of carbonyl (C=O) groups is 1. The van der Waals surface area contributed by atoms with Crippen LogP contribution in [0.2, 0.25) is 0 Å². The smallest absolute Gasteiger partial charge is 0.274 e. The number of nitrogens with one attached hydrogen (secondary N) is 2. The summed E-state index contributed by atoms with van der Waals surface area (Å²) in [5.41, 5.74) is 6.70. The van der Waals surface area contributed by atoms with Crippen LogP contribution in [0.15, 0.2) is 0 Å². The molecular formula is C10H14F2N4O2. The van der Waals surface area contributed by atoms with Crippen molar-refractivity contribution in [1.82, 2.24) is 15.5 Å². The van der Waals surface area contributed by atoms with Crippen molar-refractivity contribution in [3.8, 4) is 0 Å². The van der Waals surface area contributed by atoms with E-state index in [1.54, 1.807) is 0 Å². The molecule has 1 aromatic rings. The third-order valence-electron chi connectivity index (χ3n) is 2.80. The summed E-state index contributed by atoms with van der Waals surface area (Å²) in [6.45, 7) is -0.540. The van der Waals surface area contributed by atoms with Crippen LogP contribution in [0.1, 0.15) is 34.9 Å². The molecule has 0 bridgehead atoms. The van der Waals surface area contributed by atoms with E-state index in [0.717, 1.165) is 18.5 Å². The fourth-order valence-electron chi connectivity index (χ4n) is 1.59. The maximum atomic E-state index is 12.0. The van der Waals surface area contributed by atoms with E-state index >= 15 is 0 Å². The van der Waals surface area contributed by atoms with Crippen LogP contribution >= 0.6 is 0 Å². The highest BCUT2D eigenvalue weighted by Gasteiger charge is 2.30. The summed E-state index contributed by atoms with van der Waals surface area (Å²) in [5, 5.41) is 17.5. The van der Waals surface area contributed by atoms with E-state index in [9.17, 15) is 13.6 Å². The van der Waals surface area contributed by atoms with Gasteiger partial charge >= 0.3 is 0 Å². The van der Waals surface area contributed by atoms with Gasteiger partial charge in [-0.3, -0.25) is 9.89 Å². The second-order valence-corrected chi connectivity index (χ2v) is 4.29. The van der Waals surface area contributed by atoms with Crippen LogP contribution in [0.3, 0.4) is 0 Å². The van der Waals surface area contributed by atoms with E-state index in [1.165, 1.54) is 0 Å². The van der Waals surface area contributed by atoms with Gasteiger partial charge in [0.05, 0.1) is 11.4 Å². The van der Waals surface area contributed by atoms with Gasteiger partial charge in [0.15, 0.2) is 5.69 Å². The van der Waals surface area contributed by atoms with Gasteiger partial charge in [-0.15, -0.1) is 0 Å². The monoisotopic (exact) mass is 260 g/mol. The number of nitrogens with two attached hydrogens (primary N) is 1. The maximum Gasteiger partial charge on any atom is 0.274 e. The van der Waals surface area contributed by atoms with Gasteiger partial charge in [-0.2, -0.15) is 5.10 Å². The van der Waals surface area contributed by atoms with Crippen molar-refractivity contribution in [2.75, 3.05) is 12.3 Å². The Morgan fingerprint density at radius 2 is 2.28 bits per heavy atom. The molecular weight excluding hydrogens is 246 g/mol. The second kappa shape index (κ2) is 4.89. The van der Waals surface area contributed by atoms with E-state index in [0.29, 0.717) is 5.92 Å². The molecule has 1 fully saturated rings. The van der Waals surface area contributed by atoms with Crippen molar-refractivity contribution in [2.45, 2.75) is 31.3 Å². The first-order valence-corrected chi connectivity index (χ1v) is 5.58. The lowest BCUT2D eigenvalue weighted by molar-refractivity contribution is -0.00272. The molecule has 1 aliphatic carbocycles. The summed E-state index contributed by atoms with van der Waals surface area (Å²) >= 11 is 0. The van der Waals surface area contributed by atoms with Crippen molar-refractivity contribution in [3.63, 3.8) is 0 Å². The topological polar surface area (TPSA) is 104 Å². The number of nitrogen functional groups attached to an aromatic ring is 1. The Bertz CT molecular complexity index is 445. The molecule has 1 aliphatic rings. The molecule has 8 heteroatoms. The Morgan fingerprint density at radius 1 is 1.61 bits per heavy atom. The minimum atomic E-state index is -2.90. The summed E-state index contributed by atoms with van der Waals surface area (Å²) in [6, 6.07) is 0. The van der Waals surface area contributed by atoms with Gasteiger partial charge in [0.2, 0.25) is 0 Å². The number of hydrogen-bond acceptors (Lipinski definition) is 4. The Labute approximate surface area is 102 Å². The number of alkyl halides is 2. The molecule has 1 heterocycles. The van der Waals surface area contributed by atoms with Crippen molar-refractivity contribution in [1.29, 1.82) is 0 Å². The van der Waals surface area contributed by atoms with Crippen LogP contribution in [0, 0.1) is 0 Å². The standard InChI is InChI=1S/C10H14F2N4O2/c11-9(12)5(17)3-14-10(18)8-6(13)7(15-16-8)4-1-2-4/h4-5,9,17H,1-3,13H2,(H,14,18)(H,15,16). The molecule has 100 valence electrons. The predicted octanol–water partition coefficient (Wildman–Crippen LogP) is 0.225. The highest BCUT2D eigenvalue weighted by Crippen LogP contribution is 2.42. The predicted molar refractivity (Wildman–Crippen MR) is 59.3 cm³/mol. The zero-order chi connectivity index (χ0) is 13.3. The first-order chi connectivity index (χ1) is 8.50. The third-order valence-corrected chi connectivity index (χ3v) is 2.80. The van der Waals surface area contributed by atoms with Gasteiger partial charge in [-0.05, 0) is 12.8 Å².